The molecule has 134 valence electrons. The summed E-state index contributed by atoms with van der Waals surface area (Å²) in [5.74, 6) is -18.0. The fourth-order valence-corrected chi connectivity index (χ4v) is 2.52. The standard InChI is InChI=1S/C16H14F8/c1-9-3-5-11(15(21,22)13(9,17)18)7-8-12-6-4-10(2)14(19,20)16(12,23)24/h3-6H,7-8H2,1-2H3. The summed E-state index contributed by atoms with van der Waals surface area (Å²) in [4.78, 5) is 0. The van der Waals surface area contributed by atoms with E-state index in [0.717, 1.165) is 38.2 Å². The predicted octanol–water partition coefficient (Wildman–Crippen LogP) is 6.08. The van der Waals surface area contributed by atoms with Crippen molar-refractivity contribution in [2.24, 2.45) is 0 Å². The molecule has 24 heavy (non-hydrogen) atoms. The second-order valence-electron chi connectivity index (χ2n) is 5.88. The molecule has 2 rings (SSSR count). The van der Waals surface area contributed by atoms with E-state index in [9.17, 15) is 35.1 Å². The summed E-state index contributed by atoms with van der Waals surface area (Å²) in [7, 11) is 0. The van der Waals surface area contributed by atoms with Crippen molar-refractivity contribution < 1.29 is 35.1 Å². The summed E-state index contributed by atoms with van der Waals surface area (Å²) in [6.07, 6.45) is 1.26. The van der Waals surface area contributed by atoms with Crippen LogP contribution in [0.2, 0.25) is 0 Å². The normalized spacial score (nSPS) is 26.9. The highest BCUT2D eigenvalue weighted by molar-refractivity contribution is 5.40. The molecule has 0 nitrogen and oxygen atoms in total. The SMILES string of the molecule is CC1=CC=C(CCC2=CC=C(C)C(F)(F)C2(F)F)C(F)(F)C1(F)F. The Morgan fingerprint density at radius 2 is 0.833 bits per heavy atom. The third kappa shape index (κ3) is 2.50. The van der Waals surface area contributed by atoms with Gasteiger partial charge in [0.25, 0.3) is 0 Å². The lowest BCUT2D eigenvalue weighted by molar-refractivity contribution is -0.167. The molecule has 0 amide bonds. The van der Waals surface area contributed by atoms with Gasteiger partial charge in [0, 0.05) is 22.3 Å². The van der Waals surface area contributed by atoms with Crippen LogP contribution in [-0.2, 0) is 0 Å². The van der Waals surface area contributed by atoms with Crippen LogP contribution in [0.1, 0.15) is 26.7 Å². The van der Waals surface area contributed by atoms with Gasteiger partial charge in [-0.3, -0.25) is 0 Å². The van der Waals surface area contributed by atoms with E-state index in [0.29, 0.717) is 0 Å². The van der Waals surface area contributed by atoms with Crippen LogP contribution in [0.25, 0.3) is 0 Å². The van der Waals surface area contributed by atoms with E-state index in [-0.39, 0.29) is 0 Å². The molecule has 8 heteroatoms. The lowest BCUT2D eigenvalue weighted by atomic mass is 9.84. The monoisotopic (exact) mass is 358 g/mol. The lowest BCUT2D eigenvalue weighted by Crippen LogP contribution is -2.46. The third-order valence-corrected chi connectivity index (χ3v) is 4.32. The fourth-order valence-electron chi connectivity index (χ4n) is 2.52. The number of alkyl halides is 8. The summed E-state index contributed by atoms with van der Waals surface area (Å²) < 4.78 is 110. The van der Waals surface area contributed by atoms with Crippen LogP contribution in [0.4, 0.5) is 35.1 Å². The summed E-state index contributed by atoms with van der Waals surface area (Å²) >= 11 is 0. The van der Waals surface area contributed by atoms with Crippen molar-refractivity contribution in [1.82, 2.24) is 0 Å². The Morgan fingerprint density at radius 1 is 0.542 bits per heavy atom. The molecular formula is C16H14F8. The average Bonchev–Trinajstić information content (AvgIpc) is 2.45. The van der Waals surface area contributed by atoms with Crippen LogP contribution in [0.3, 0.4) is 0 Å². The Hall–Kier alpha value is -1.60. The molecule has 0 heterocycles. The van der Waals surface area contributed by atoms with Crippen molar-refractivity contribution in [1.29, 1.82) is 0 Å². The lowest BCUT2D eigenvalue weighted by Gasteiger charge is -2.34. The molecule has 2 aliphatic carbocycles. The molecular weight excluding hydrogens is 344 g/mol. The molecule has 0 saturated heterocycles. The average molecular weight is 358 g/mol. The van der Waals surface area contributed by atoms with Crippen molar-refractivity contribution in [2.75, 3.05) is 0 Å². The van der Waals surface area contributed by atoms with E-state index >= 15 is 0 Å². The van der Waals surface area contributed by atoms with Crippen molar-refractivity contribution in [2.45, 2.75) is 50.4 Å². The van der Waals surface area contributed by atoms with E-state index in [1.54, 1.807) is 0 Å². The van der Waals surface area contributed by atoms with Crippen LogP contribution in [0.15, 0.2) is 46.6 Å². The molecule has 0 aromatic rings. The van der Waals surface area contributed by atoms with Crippen molar-refractivity contribution in [3.63, 3.8) is 0 Å². The quantitative estimate of drug-likeness (QED) is 0.536. The van der Waals surface area contributed by atoms with Gasteiger partial charge in [-0.1, -0.05) is 24.3 Å². The van der Waals surface area contributed by atoms with Gasteiger partial charge in [-0.05, 0) is 26.7 Å². The van der Waals surface area contributed by atoms with Crippen LogP contribution in [0, 0.1) is 0 Å². The topological polar surface area (TPSA) is 0 Å². The Morgan fingerprint density at radius 3 is 1.12 bits per heavy atom. The molecule has 0 aromatic carbocycles. The van der Waals surface area contributed by atoms with Crippen LogP contribution in [-0.4, -0.2) is 23.7 Å². The summed E-state index contributed by atoms with van der Waals surface area (Å²) in [5.41, 5.74) is -3.85. The third-order valence-electron chi connectivity index (χ3n) is 4.32. The first-order valence-electron chi connectivity index (χ1n) is 7.04. The van der Waals surface area contributed by atoms with Gasteiger partial charge in [0.2, 0.25) is 0 Å². The molecule has 0 spiro atoms. The highest BCUT2D eigenvalue weighted by Gasteiger charge is 2.62. The highest BCUT2D eigenvalue weighted by atomic mass is 19.3. The van der Waals surface area contributed by atoms with Crippen molar-refractivity contribution in [3.8, 4) is 0 Å². The summed E-state index contributed by atoms with van der Waals surface area (Å²) in [6, 6.07) is 0. The Labute approximate surface area is 133 Å². The number of hydrogen-bond donors (Lipinski definition) is 0. The predicted molar refractivity (Wildman–Crippen MR) is 72.7 cm³/mol. The van der Waals surface area contributed by atoms with Gasteiger partial charge in [0.1, 0.15) is 0 Å². The number of rotatable bonds is 3. The molecule has 0 N–H and O–H groups in total. The van der Waals surface area contributed by atoms with Crippen molar-refractivity contribution >= 4 is 0 Å². The maximum Gasteiger partial charge on any atom is 0.335 e. The zero-order valence-corrected chi connectivity index (χ0v) is 12.7. The Kier molecular flexibility index (Phi) is 4.26. The zero-order chi connectivity index (χ0) is 18.6. The van der Waals surface area contributed by atoms with E-state index in [2.05, 4.69) is 0 Å². The van der Waals surface area contributed by atoms with Gasteiger partial charge in [-0.25, -0.2) is 0 Å². The minimum atomic E-state index is -4.55. The molecule has 0 bridgehead atoms. The van der Waals surface area contributed by atoms with Gasteiger partial charge in [0.15, 0.2) is 0 Å². The first kappa shape index (κ1) is 18.7. The molecule has 0 unspecified atom stereocenters. The second-order valence-corrected chi connectivity index (χ2v) is 5.88. The van der Waals surface area contributed by atoms with E-state index < -0.39 is 58.8 Å². The van der Waals surface area contributed by atoms with E-state index in [1.165, 1.54) is 0 Å². The number of hydrogen-bond acceptors (Lipinski definition) is 0. The maximum absolute atomic E-state index is 13.8. The molecule has 0 radical (unpaired) electrons. The largest absolute Gasteiger partial charge is 0.335 e. The molecule has 0 fully saturated rings. The Bertz CT molecular complexity index is 604. The summed E-state index contributed by atoms with van der Waals surface area (Å²) in [6.45, 7) is 1.65. The van der Waals surface area contributed by atoms with Gasteiger partial charge in [0.05, 0.1) is 0 Å². The second kappa shape index (κ2) is 5.46. The van der Waals surface area contributed by atoms with Gasteiger partial charge in [-0.15, -0.1) is 0 Å². The molecule has 0 atom stereocenters. The maximum atomic E-state index is 13.8. The van der Waals surface area contributed by atoms with Crippen LogP contribution < -0.4 is 0 Å². The number of halogens is 8. The van der Waals surface area contributed by atoms with Crippen molar-refractivity contribution in [3.05, 3.63) is 46.6 Å². The minimum absolute atomic E-state index is 0.730. The van der Waals surface area contributed by atoms with E-state index in [1.807, 2.05) is 0 Å². The van der Waals surface area contributed by atoms with Gasteiger partial charge < -0.3 is 0 Å². The number of allylic oxidation sites excluding steroid dienone is 8. The molecule has 0 saturated carbocycles. The molecule has 0 aliphatic heterocycles. The van der Waals surface area contributed by atoms with E-state index in [4.69, 9.17) is 0 Å². The minimum Gasteiger partial charge on any atom is -0.194 e. The summed E-state index contributed by atoms with van der Waals surface area (Å²) in [5, 5.41) is 0. The Balaban J connectivity index is 2.26. The van der Waals surface area contributed by atoms with Crippen LogP contribution >= 0.6 is 0 Å². The molecule has 0 aromatic heterocycles. The fraction of sp³-hybridized carbons (Fsp3) is 0.500. The first-order chi connectivity index (χ1) is 10.8. The van der Waals surface area contributed by atoms with Gasteiger partial charge >= 0.3 is 23.7 Å². The van der Waals surface area contributed by atoms with Gasteiger partial charge in [-0.2, -0.15) is 35.1 Å². The zero-order valence-electron chi connectivity index (χ0n) is 12.7. The molecule has 2 aliphatic rings. The highest BCUT2D eigenvalue weighted by Crippen LogP contribution is 2.51. The first-order valence-corrected chi connectivity index (χ1v) is 7.04. The smallest absolute Gasteiger partial charge is 0.194 e. The van der Waals surface area contributed by atoms with Crippen LogP contribution in [0.5, 0.6) is 0 Å².